The molecule has 0 saturated carbocycles. The highest BCUT2D eigenvalue weighted by molar-refractivity contribution is 7.89. The molecule has 0 bridgehead atoms. The molecule has 130 valence electrons. The smallest absolute Gasteiger partial charge is 0.271 e. The van der Waals surface area contributed by atoms with Crippen LogP contribution in [0.5, 0.6) is 0 Å². The number of hydrogen-bond acceptors (Lipinski definition) is 6. The zero-order valence-electron chi connectivity index (χ0n) is 13.4. The Morgan fingerprint density at radius 2 is 2.25 bits per heavy atom. The van der Waals surface area contributed by atoms with Crippen LogP contribution in [0.3, 0.4) is 0 Å². The van der Waals surface area contributed by atoms with Gasteiger partial charge in [0.1, 0.15) is 5.69 Å². The standard InChI is InChI=1S/C14H19N5O4S/c1-18(2)24(21,22)9-10-7-23-8-12(10)16-13(20)11-6-19-5-3-4-15-14(19)17-11/h3-6,10,12H,7-9H2,1-2H3,(H,16,20)/t10-,12+/m0/s1. The molecule has 1 fully saturated rings. The van der Waals surface area contributed by atoms with Gasteiger partial charge in [0, 0.05) is 38.6 Å². The van der Waals surface area contributed by atoms with Crippen molar-refractivity contribution in [3.05, 3.63) is 30.4 Å². The summed E-state index contributed by atoms with van der Waals surface area (Å²) in [6, 6.07) is 1.37. The maximum Gasteiger partial charge on any atom is 0.271 e. The monoisotopic (exact) mass is 353 g/mol. The first-order chi connectivity index (χ1) is 11.4. The molecule has 0 aromatic carbocycles. The highest BCUT2D eigenvalue weighted by atomic mass is 32.2. The zero-order chi connectivity index (χ0) is 17.3. The van der Waals surface area contributed by atoms with E-state index >= 15 is 0 Å². The number of nitrogens with zero attached hydrogens (tertiary/aromatic N) is 4. The van der Waals surface area contributed by atoms with Crippen molar-refractivity contribution < 1.29 is 17.9 Å². The molecule has 9 nitrogen and oxygen atoms in total. The van der Waals surface area contributed by atoms with Crippen LogP contribution in [0.15, 0.2) is 24.7 Å². The summed E-state index contributed by atoms with van der Waals surface area (Å²) in [5.41, 5.74) is 0.231. The second-order valence-corrected chi connectivity index (χ2v) is 8.12. The molecule has 1 saturated heterocycles. The van der Waals surface area contributed by atoms with Crippen LogP contribution in [0.1, 0.15) is 10.5 Å². The number of carbonyl (C=O) groups excluding carboxylic acids is 1. The number of fused-ring (bicyclic) bond motifs is 1. The second-order valence-electron chi connectivity index (χ2n) is 5.89. The summed E-state index contributed by atoms with van der Waals surface area (Å²) in [5, 5.41) is 2.82. The quantitative estimate of drug-likeness (QED) is 0.767. The van der Waals surface area contributed by atoms with E-state index in [1.165, 1.54) is 18.4 Å². The van der Waals surface area contributed by atoms with Gasteiger partial charge in [-0.05, 0) is 6.07 Å². The first-order valence-electron chi connectivity index (χ1n) is 7.45. The van der Waals surface area contributed by atoms with Crippen molar-refractivity contribution in [2.24, 2.45) is 5.92 Å². The number of ether oxygens (including phenoxy) is 1. The predicted octanol–water partition coefficient (Wildman–Crippen LogP) is -0.634. The summed E-state index contributed by atoms with van der Waals surface area (Å²) in [6.45, 7) is 0.579. The lowest BCUT2D eigenvalue weighted by molar-refractivity contribution is 0.0921. The molecule has 24 heavy (non-hydrogen) atoms. The Kier molecular flexibility index (Phi) is 4.52. The molecule has 3 rings (SSSR count). The molecule has 1 aliphatic rings. The van der Waals surface area contributed by atoms with Crippen LogP contribution in [-0.4, -0.2) is 72.1 Å². The second kappa shape index (κ2) is 6.46. The topological polar surface area (TPSA) is 106 Å². The fourth-order valence-electron chi connectivity index (χ4n) is 2.52. The van der Waals surface area contributed by atoms with Crippen molar-refractivity contribution >= 4 is 21.7 Å². The fourth-order valence-corrected chi connectivity index (χ4v) is 3.69. The van der Waals surface area contributed by atoms with Gasteiger partial charge in [-0.25, -0.2) is 22.7 Å². The van der Waals surface area contributed by atoms with E-state index in [-0.39, 0.29) is 35.9 Å². The molecule has 1 aliphatic heterocycles. The van der Waals surface area contributed by atoms with Crippen LogP contribution in [0, 0.1) is 5.92 Å². The van der Waals surface area contributed by atoms with Gasteiger partial charge in [-0.3, -0.25) is 9.20 Å². The van der Waals surface area contributed by atoms with Gasteiger partial charge < -0.3 is 10.1 Å². The van der Waals surface area contributed by atoms with Crippen molar-refractivity contribution in [3.63, 3.8) is 0 Å². The summed E-state index contributed by atoms with van der Waals surface area (Å²) >= 11 is 0. The van der Waals surface area contributed by atoms with Crippen LogP contribution in [-0.2, 0) is 14.8 Å². The van der Waals surface area contributed by atoms with Crippen LogP contribution in [0.4, 0.5) is 0 Å². The maximum absolute atomic E-state index is 12.4. The molecule has 0 spiro atoms. The van der Waals surface area contributed by atoms with Gasteiger partial charge in [0.05, 0.1) is 25.0 Å². The Hall–Kier alpha value is -2.04. The van der Waals surface area contributed by atoms with Gasteiger partial charge in [0.25, 0.3) is 5.91 Å². The molecule has 0 aliphatic carbocycles. The predicted molar refractivity (Wildman–Crippen MR) is 86.0 cm³/mol. The van der Waals surface area contributed by atoms with Crippen molar-refractivity contribution in [2.45, 2.75) is 6.04 Å². The summed E-state index contributed by atoms with van der Waals surface area (Å²) in [5.74, 6) is -0.311. The van der Waals surface area contributed by atoms with Crippen LogP contribution in [0.2, 0.25) is 0 Å². The third-order valence-corrected chi connectivity index (χ3v) is 5.93. The summed E-state index contributed by atoms with van der Waals surface area (Å²) in [6.07, 6.45) is 4.92. The lowest BCUT2D eigenvalue weighted by Crippen LogP contribution is -2.43. The minimum Gasteiger partial charge on any atom is -0.379 e. The highest BCUT2D eigenvalue weighted by Gasteiger charge is 2.34. The Morgan fingerprint density at radius 3 is 2.96 bits per heavy atom. The van der Waals surface area contributed by atoms with E-state index in [1.807, 2.05) is 0 Å². The van der Waals surface area contributed by atoms with E-state index in [1.54, 1.807) is 29.1 Å². The fraction of sp³-hybridized carbons (Fsp3) is 0.500. The normalized spacial score (nSPS) is 21.5. The number of sulfonamides is 1. The number of hydrogen-bond donors (Lipinski definition) is 1. The van der Waals surface area contributed by atoms with Crippen molar-refractivity contribution in [2.75, 3.05) is 33.1 Å². The first-order valence-corrected chi connectivity index (χ1v) is 9.06. The minimum atomic E-state index is -3.36. The van der Waals surface area contributed by atoms with E-state index in [2.05, 4.69) is 15.3 Å². The van der Waals surface area contributed by atoms with Gasteiger partial charge in [-0.1, -0.05) is 0 Å². The third kappa shape index (κ3) is 3.40. The highest BCUT2D eigenvalue weighted by Crippen LogP contribution is 2.17. The van der Waals surface area contributed by atoms with Gasteiger partial charge in [-0.15, -0.1) is 0 Å². The molecule has 10 heteroatoms. The molecular weight excluding hydrogens is 334 g/mol. The molecule has 2 atom stereocenters. The Morgan fingerprint density at radius 1 is 1.46 bits per heavy atom. The summed E-state index contributed by atoms with van der Waals surface area (Å²) in [7, 11) is -0.386. The third-order valence-electron chi connectivity index (χ3n) is 3.96. The van der Waals surface area contributed by atoms with Crippen LogP contribution >= 0.6 is 0 Å². The molecule has 0 radical (unpaired) electrons. The average molecular weight is 353 g/mol. The molecule has 1 amide bonds. The van der Waals surface area contributed by atoms with Crippen LogP contribution in [0.25, 0.3) is 5.78 Å². The molecule has 1 N–H and O–H groups in total. The molecule has 2 aromatic heterocycles. The number of aromatic nitrogens is 3. The van der Waals surface area contributed by atoms with Gasteiger partial charge in [0.15, 0.2) is 0 Å². The van der Waals surface area contributed by atoms with Gasteiger partial charge in [0.2, 0.25) is 15.8 Å². The number of imidazole rings is 1. The van der Waals surface area contributed by atoms with Crippen molar-refractivity contribution in [1.82, 2.24) is 24.0 Å². The lowest BCUT2D eigenvalue weighted by atomic mass is 10.1. The molecular formula is C14H19N5O4S. The largest absolute Gasteiger partial charge is 0.379 e. The van der Waals surface area contributed by atoms with E-state index < -0.39 is 10.0 Å². The molecule has 0 unspecified atom stereocenters. The maximum atomic E-state index is 12.4. The lowest BCUT2D eigenvalue weighted by Gasteiger charge is -2.20. The van der Waals surface area contributed by atoms with Crippen molar-refractivity contribution in [1.29, 1.82) is 0 Å². The number of rotatable bonds is 5. The average Bonchev–Trinajstić information content (AvgIpc) is 3.13. The number of nitrogens with one attached hydrogen (secondary N) is 1. The van der Waals surface area contributed by atoms with Gasteiger partial charge in [-0.2, -0.15) is 0 Å². The van der Waals surface area contributed by atoms with E-state index in [0.29, 0.717) is 12.4 Å². The van der Waals surface area contributed by atoms with E-state index in [4.69, 9.17) is 4.74 Å². The SMILES string of the molecule is CN(C)S(=O)(=O)C[C@@H]1COC[C@H]1NC(=O)c1cn2cccnc2n1. The molecule has 2 aromatic rings. The zero-order valence-corrected chi connectivity index (χ0v) is 14.2. The Labute approximate surface area is 139 Å². The summed E-state index contributed by atoms with van der Waals surface area (Å²) in [4.78, 5) is 20.6. The number of carbonyl (C=O) groups is 1. The van der Waals surface area contributed by atoms with Crippen molar-refractivity contribution in [3.8, 4) is 0 Å². The van der Waals surface area contributed by atoms with Gasteiger partial charge >= 0.3 is 0 Å². The van der Waals surface area contributed by atoms with Crippen LogP contribution < -0.4 is 5.32 Å². The minimum absolute atomic E-state index is 0.0718. The first kappa shape index (κ1) is 16.8. The van der Waals surface area contributed by atoms with E-state index in [9.17, 15) is 13.2 Å². The van der Waals surface area contributed by atoms with E-state index in [0.717, 1.165) is 0 Å². The number of amides is 1. The molecule has 3 heterocycles. The summed E-state index contributed by atoms with van der Waals surface area (Å²) < 4.78 is 32.3. The Balaban J connectivity index is 1.71. The Bertz CT molecular complexity index is 815.